The van der Waals surface area contributed by atoms with Gasteiger partial charge in [0, 0.05) is 27.5 Å². The van der Waals surface area contributed by atoms with Crippen LogP contribution in [0.15, 0.2) is 24.4 Å². The Kier molecular flexibility index (Phi) is 2.87. The maximum atomic E-state index is 10.9. The van der Waals surface area contributed by atoms with E-state index in [-0.39, 0.29) is 6.42 Å². The zero-order chi connectivity index (χ0) is 12.6. The summed E-state index contributed by atoms with van der Waals surface area (Å²) in [6, 6.07) is 5.59. The van der Waals surface area contributed by atoms with Crippen molar-refractivity contribution in [2.24, 2.45) is 0 Å². The molecule has 4 heteroatoms. The number of H-pyrrole nitrogens is 1. The van der Waals surface area contributed by atoms with Gasteiger partial charge in [0.15, 0.2) is 0 Å². The quantitative estimate of drug-likeness (QED) is 0.876. The summed E-state index contributed by atoms with van der Waals surface area (Å²) in [4.78, 5) is 14.0. The lowest BCUT2D eigenvalue weighted by atomic mass is 9.81. The van der Waals surface area contributed by atoms with Crippen LogP contribution in [0.2, 0.25) is 5.02 Å². The Morgan fingerprint density at radius 3 is 2.82 bits per heavy atom. The first-order chi connectivity index (χ1) is 7.90. The van der Waals surface area contributed by atoms with Gasteiger partial charge in [0.1, 0.15) is 0 Å². The van der Waals surface area contributed by atoms with Gasteiger partial charge in [-0.1, -0.05) is 31.5 Å². The molecule has 0 aliphatic rings. The van der Waals surface area contributed by atoms with Gasteiger partial charge in [-0.15, -0.1) is 0 Å². The summed E-state index contributed by atoms with van der Waals surface area (Å²) >= 11 is 5.91. The van der Waals surface area contributed by atoms with Gasteiger partial charge in [-0.3, -0.25) is 4.79 Å². The zero-order valence-corrected chi connectivity index (χ0v) is 10.5. The number of aliphatic carboxylic acids is 1. The molecule has 17 heavy (non-hydrogen) atoms. The van der Waals surface area contributed by atoms with E-state index in [9.17, 15) is 4.79 Å². The molecule has 0 aliphatic carbocycles. The van der Waals surface area contributed by atoms with Crippen LogP contribution in [-0.2, 0) is 10.2 Å². The number of benzene rings is 1. The summed E-state index contributed by atoms with van der Waals surface area (Å²) in [6.07, 6.45) is 1.96. The molecule has 2 N–H and O–H groups in total. The van der Waals surface area contributed by atoms with Crippen molar-refractivity contribution in [1.29, 1.82) is 0 Å². The molecule has 3 nitrogen and oxygen atoms in total. The molecule has 0 fully saturated rings. The minimum Gasteiger partial charge on any atom is -0.481 e. The highest BCUT2D eigenvalue weighted by molar-refractivity contribution is 6.31. The Morgan fingerprint density at radius 2 is 2.18 bits per heavy atom. The van der Waals surface area contributed by atoms with Gasteiger partial charge in [0.05, 0.1) is 6.42 Å². The molecule has 0 unspecified atom stereocenters. The van der Waals surface area contributed by atoms with Crippen LogP contribution >= 0.6 is 11.6 Å². The maximum Gasteiger partial charge on any atom is 0.304 e. The SMILES string of the molecule is CC(C)(CC(=O)O)c1c[nH]c2cc(Cl)ccc12. The normalized spacial score (nSPS) is 11.9. The Hall–Kier alpha value is -1.48. The number of carboxylic acid groups (broad SMARTS) is 1. The summed E-state index contributed by atoms with van der Waals surface area (Å²) in [7, 11) is 0. The second-order valence-corrected chi connectivity index (χ2v) is 5.28. The molecule has 90 valence electrons. The summed E-state index contributed by atoms with van der Waals surface area (Å²) < 4.78 is 0. The van der Waals surface area contributed by atoms with E-state index < -0.39 is 11.4 Å². The topological polar surface area (TPSA) is 53.1 Å². The number of aromatic amines is 1. The third kappa shape index (κ3) is 2.29. The molecule has 0 bridgehead atoms. The van der Waals surface area contributed by atoms with E-state index in [1.54, 1.807) is 0 Å². The van der Waals surface area contributed by atoms with Crippen LogP contribution in [0, 0.1) is 0 Å². The number of halogens is 1. The highest BCUT2D eigenvalue weighted by Crippen LogP contribution is 2.33. The molecule has 0 radical (unpaired) electrons. The number of carboxylic acids is 1. The molecule has 0 amide bonds. The van der Waals surface area contributed by atoms with Crippen LogP contribution in [0.5, 0.6) is 0 Å². The monoisotopic (exact) mass is 251 g/mol. The molecule has 0 aliphatic heterocycles. The summed E-state index contributed by atoms with van der Waals surface area (Å²) in [5.41, 5.74) is 1.54. The van der Waals surface area contributed by atoms with E-state index in [1.165, 1.54) is 0 Å². The highest BCUT2D eigenvalue weighted by Gasteiger charge is 2.26. The number of rotatable bonds is 3. The van der Waals surface area contributed by atoms with Crippen molar-refractivity contribution < 1.29 is 9.90 Å². The van der Waals surface area contributed by atoms with Gasteiger partial charge in [0.25, 0.3) is 0 Å². The first-order valence-corrected chi connectivity index (χ1v) is 5.77. The first kappa shape index (κ1) is 12.0. The zero-order valence-electron chi connectivity index (χ0n) is 9.75. The predicted molar refractivity (Wildman–Crippen MR) is 68.6 cm³/mol. The number of nitrogens with one attached hydrogen (secondary N) is 1. The molecule has 0 saturated carbocycles. The number of carbonyl (C=O) groups is 1. The second-order valence-electron chi connectivity index (χ2n) is 4.85. The van der Waals surface area contributed by atoms with Crippen molar-refractivity contribution in [2.45, 2.75) is 25.7 Å². The summed E-state index contributed by atoms with van der Waals surface area (Å²) in [5.74, 6) is -0.793. The van der Waals surface area contributed by atoms with Crippen molar-refractivity contribution in [1.82, 2.24) is 4.98 Å². The molecule has 1 aromatic carbocycles. The molecule has 2 aromatic rings. The standard InChI is InChI=1S/C13H14ClNO2/c1-13(2,6-12(16)17)10-7-15-11-5-8(14)3-4-9(10)11/h3-5,7,15H,6H2,1-2H3,(H,16,17). The van der Waals surface area contributed by atoms with E-state index in [4.69, 9.17) is 16.7 Å². The van der Waals surface area contributed by atoms with E-state index in [0.717, 1.165) is 16.5 Å². The van der Waals surface area contributed by atoms with Crippen molar-refractivity contribution in [3.8, 4) is 0 Å². The minimum absolute atomic E-state index is 0.0998. The van der Waals surface area contributed by atoms with Gasteiger partial charge >= 0.3 is 5.97 Å². The van der Waals surface area contributed by atoms with Gasteiger partial charge < -0.3 is 10.1 Å². The fourth-order valence-corrected chi connectivity index (χ4v) is 2.30. The molecular weight excluding hydrogens is 238 g/mol. The van der Waals surface area contributed by atoms with Crippen LogP contribution in [0.1, 0.15) is 25.8 Å². The lowest BCUT2D eigenvalue weighted by Gasteiger charge is -2.21. The Labute approximate surface area is 104 Å². The van der Waals surface area contributed by atoms with Crippen molar-refractivity contribution in [3.05, 3.63) is 35.0 Å². The number of hydrogen-bond acceptors (Lipinski definition) is 1. The Balaban J connectivity index is 2.52. The smallest absolute Gasteiger partial charge is 0.304 e. The number of fused-ring (bicyclic) bond motifs is 1. The molecule has 0 spiro atoms. The summed E-state index contributed by atoms with van der Waals surface area (Å²) in [5, 5.41) is 10.6. The molecule has 0 atom stereocenters. The average molecular weight is 252 g/mol. The van der Waals surface area contributed by atoms with Crippen LogP contribution in [0.4, 0.5) is 0 Å². The number of hydrogen-bond donors (Lipinski definition) is 2. The highest BCUT2D eigenvalue weighted by atomic mass is 35.5. The van der Waals surface area contributed by atoms with E-state index in [0.29, 0.717) is 5.02 Å². The predicted octanol–water partition coefficient (Wildman–Crippen LogP) is 3.57. The van der Waals surface area contributed by atoms with Gasteiger partial charge in [-0.05, 0) is 17.7 Å². The van der Waals surface area contributed by atoms with E-state index in [2.05, 4.69) is 4.98 Å². The fourth-order valence-electron chi connectivity index (χ4n) is 2.13. The molecule has 2 rings (SSSR count). The van der Waals surface area contributed by atoms with E-state index in [1.807, 2.05) is 38.2 Å². The maximum absolute atomic E-state index is 10.9. The van der Waals surface area contributed by atoms with Crippen molar-refractivity contribution >= 4 is 28.5 Å². The molecule has 1 aromatic heterocycles. The van der Waals surface area contributed by atoms with Crippen LogP contribution < -0.4 is 0 Å². The molecule has 0 saturated heterocycles. The van der Waals surface area contributed by atoms with Crippen LogP contribution in [-0.4, -0.2) is 16.1 Å². The lowest BCUT2D eigenvalue weighted by Crippen LogP contribution is -2.21. The summed E-state index contributed by atoms with van der Waals surface area (Å²) in [6.45, 7) is 3.86. The van der Waals surface area contributed by atoms with Crippen LogP contribution in [0.3, 0.4) is 0 Å². The first-order valence-electron chi connectivity index (χ1n) is 5.39. The third-order valence-electron chi connectivity index (χ3n) is 2.97. The minimum atomic E-state index is -0.793. The number of aromatic nitrogens is 1. The molecular formula is C13H14ClNO2. The van der Waals surface area contributed by atoms with Crippen LogP contribution in [0.25, 0.3) is 10.9 Å². The van der Waals surface area contributed by atoms with Crippen molar-refractivity contribution in [3.63, 3.8) is 0 Å². The van der Waals surface area contributed by atoms with Crippen molar-refractivity contribution in [2.75, 3.05) is 0 Å². The van der Waals surface area contributed by atoms with Gasteiger partial charge in [-0.2, -0.15) is 0 Å². The molecule has 1 heterocycles. The van der Waals surface area contributed by atoms with Gasteiger partial charge in [0.2, 0.25) is 0 Å². The average Bonchev–Trinajstić information content (AvgIpc) is 2.58. The fraction of sp³-hybridized carbons (Fsp3) is 0.308. The Bertz CT molecular complexity index is 572. The Morgan fingerprint density at radius 1 is 1.47 bits per heavy atom. The third-order valence-corrected chi connectivity index (χ3v) is 3.20. The lowest BCUT2D eigenvalue weighted by molar-refractivity contribution is -0.138. The largest absolute Gasteiger partial charge is 0.481 e. The van der Waals surface area contributed by atoms with E-state index >= 15 is 0 Å². The van der Waals surface area contributed by atoms with Gasteiger partial charge in [-0.25, -0.2) is 0 Å². The second kappa shape index (κ2) is 4.08.